The van der Waals surface area contributed by atoms with Crippen LogP contribution in [0.5, 0.6) is 11.5 Å². The average molecular weight is 773 g/mol. The summed E-state index contributed by atoms with van der Waals surface area (Å²) < 4.78 is 25.6. The summed E-state index contributed by atoms with van der Waals surface area (Å²) in [6, 6.07) is 33.8. The lowest BCUT2D eigenvalue weighted by atomic mass is 9.78. The number of fused-ring (bicyclic) bond motifs is 2. The summed E-state index contributed by atoms with van der Waals surface area (Å²) in [4.78, 5) is 44.1. The van der Waals surface area contributed by atoms with Crippen molar-refractivity contribution in [3.8, 4) is 11.5 Å². The number of carbonyl (C=O) groups excluding carboxylic acids is 2. The number of benzene rings is 4. The summed E-state index contributed by atoms with van der Waals surface area (Å²) in [5.41, 5.74) is 0.632. The first kappa shape index (κ1) is 39.4. The third-order valence-electron chi connectivity index (χ3n) is 11.1. The van der Waals surface area contributed by atoms with Crippen molar-refractivity contribution >= 4 is 17.6 Å². The third-order valence-corrected chi connectivity index (χ3v) is 11.1. The number of amides is 2. The second-order valence-corrected chi connectivity index (χ2v) is 15.5. The highest BCUT2D eigenvalue weighted by Gasteiger charge is 2.61. The molecule has 2 bridgehead atoms. The lowest BCUT2D eigenvalue weighted by molar-refractivity contribution is -0.143. The van der Waals surface area contributed by atoms with Gasteiger partial charge in [0.2, 0.25) is 5.91 Å². The van der Waals surface area contributed by atoms with Crippen molar-refractivity contribution in [3.63, 3.8) is 0 Å². The van der Waals surface area contributed by atoms with E-state index in [1.807, 2.05) is 91.0 Å². The van der Waals surface area contributed by atoms with Gasteiger partial charge in [-0.1, -0.05) is 87.5 Å². The predicted molar refractivity (Wildman–Crippen MR) is 215 cm³/mol. The number of nitrogens with zero attached hydrogens (tertiary/aromatic N) is 2. The molecule has 12 nitrogen and oxygen atoms in total. The zero-order valence-electron chi connectivity index (χ0n) is 32.7. The molecule has 1 aliphatic heterocycles. The molecule has 2 aliphatic rings. The van der Waals surface area contributed by atoms with E-state index in [1.54, 1.807) is 26.4 Å². The Kier molecular flexibility index (Phi) is 11.0. The Morgan fingerprint density at radius 3 is 1.98 bits per heavy atom. The van der Waals surface area contributed by atoms with Crippen LogP contribution in [0.25, 0.3) is 0 Å². The van der Waals surface area contributed by atoms with Gasteiger partial charge in [0.15, 0.2) is 0 Å². The van der Waals surface area contributed by atoms with E-state index >= 15 is 0 Å². The first-order valence-electron chi connectivity index (χ1n) is 19.0. The number of aliphatic hydroxyl groups excluding tert-OH is 1. The van der Waals surface area contributed by atoms with Gasteiger partial charge in [0.05, 0.1) is 32.0 Å². The van der Waals surface area contributed by atoms with Crippen LogP contribution in [0.4, 0.5) is 5.82 Å². The molecule has 5 aromatic rings. The standard InChI is InChI=1S/C45H48N4O8/c1-43(2,3)30-13-11-29(12-14-30)41(52)46-38-23-25-49(42(53)47-38)28-39(50)48-44-24-26-56-36(40(44)51)27-37(44)57-45(31-9-7-6-8-10-31,32-15-19-34(54-4)20-16-32)33-17-21-35(55-5)22-18-33/h6-23,25,36-37,40,51H,24,26-28H2,1-5H3,(H,48,50)(H,46,47,52,53)/t36-,37+,40+,44+/m0/s1. The fourth-order valence-electron chi connectivity index (χ4n) is 7.91. The van der Waals surface area contributed by atoms with E-state index in [0.29, 0.717) is 17.1 Å². The molecule has 1 saturated heterocycles. The minimum atomic E-state index is -1.27. The number of methoxy groups -OCH3 is 2. The van der Waals surface area contributed by atoms with E-state index in [1.165, 1.54) is 12.3 Å². The molecule has 57 heavy (non-hydrogen) atoms. The van der Waals surface area contributed by atoms with Crippen molar-refractivity contribution in [2.24, 2.45) is 0 Å². The molecule has 1 aromatic heterocycles. The van der Waals surface area contributed by atoms with Gasteiger partial charge >= 0.3 is 5.69 Å². The van der Waals surface area contributed by atoms with Crippen LogP contribution >= 0.6 is 0 Å². The van der Waals surface area contributed by atoms with Crippen molar-refractivity contribution in [3.05, 3.63) is 154 Å². The Balaban J connectivity index is 1.17. The zero-order chi connectivity index (χ0) is 40.4. The number of aromatic nitrogens is 2. The van der Waals surface area contributed by atoms with Crippen molar-refractivity contribution in [1.82, 2.24) is 14.9 Å². The van der Waals surface area contributed by atoms with Crippen LogP contribution in [0, 0.1) is 0 Å². The molecule has 0 unspecified atom stereocenters. The largest absolute Gasteiger partial charge is 0.497 e. The number of ether oxygens (including phenoxy) is 4. The minimum Gasteiger partial charge on any atom is -0.497 e. The summed E-state index contributed by atoms with van der Waals surface area (Å²) in [7, 11) is 3.21. The molecule has 4 aromatic carbocycles. The SMILES string of the molecule is COc1ccc(C(O[C@@H]2C[C@@H]3OCC[C@]2(NC(=O)Cn2ccc(NC(=O)c4ccc(C(C)(C)C)cc4)nc2=O)[C@@H]3O)(c2ccccc2)c2ccc(OC)cc2)cc1. The minimum absolute atomic E-state index is 0.0569. The van der Waals surface area contributed by atoms with Gasteiger partial charge in [-0.3, -0.25) is 14.2 Å². The van der Waals surface area contributed by atoms with Crippen LogP contribution in [-0.4, -0.2) is 71.1 Å². The number of nitrogens with one attached hydrogen (secondary N) is 2. The molecule has 1 saturated carbocycles. The van der Waals surface area contributed by atoms with Crippen LogP contribution in [-0.2, 0) is 31.8 Å². The molecule has 2 fully saturated rings. The average Bonchev–Trinajstić information content (AvgIpc) is 3.33. The third kappa shape index (κ3) is 7.80. The van der Waals surface area contributed by atoms with Gasteiger partial charge in [0.1, 0.15) is 35.6 Å². The van der Waals surface area contributed by atoms with E-state index in [-0.39, 0.29) is 37.2 Å². The van der Waals surface area contributed by atoms with E-state index in [4.69, 9.17) is 18.9 Å². The zero-order valence-corrected chi connectivity index (χ0v) is 32.7. The fraction of sp³-hybridized carbons (Fsp3) is 0.333. The molecular formula is C45H48N4O8. The van der Waals surface area contributed by atoms with E-state index < -0.39 is 47.0 Å². The highest BCUT2D eigenvalue weighted by Crippen LogP contribution is 2.49. The van der Waals surface area contributed by atoms with E-state index in [9.17, 15) is 19.5 Å². The Bertz CT molecular complexity index is 2210. The monoisotopic (exact) mass is 772 g/mol. The molecule has 3 N–H and O–H groups in total. The summed E-state index contributed by atoms with van der Waals surface area (Å²) >= 11 is 0. The number of hydrogen-bond acceptors (Lipinski definition) is 9. The topological polar surface area (TPSA) is 150 Å². The van der Waals surface area contributed by atoms with Gasteiger partial charge in [-0.2, -0.15) is 4.98 Å². The lowest BCUT2D eigenvalue weighted by Crippen LogP contribution is -2.65. The van der Waals surface area contributed by atoms with Gasteiger partial charge in [0.25, 0.3) is 5.91 Å². The van der Waals surface area contributed by atoms with Crippen molar-refractivity contribution in [2.45, 2.75) is 75.0 Å². The molecule has 0 radical (unpaired) electrons. The highest BCUT2D eigenvalue weighted by atomic mass is 16.5. The van der Waals surface area contributed by atoms with E-state index in [0.717, 1.165) is 26.8 Å². The van der Waals surface area contributed by atoms with Crippen molar-refractivity contribution < 1.29 is 33.6 Å². The summed E-state index contributed by atoms with van der Waals surface area (Å²) in [5, 5.41) is 17.6. The predicted octanol–water partition coefficient (Wildman–Crippen LogP) is 5.60. The maximum absolute atomic E-state index is 14.0. The van der Waals surface area contributed by atoms with Crippen LogP contribution in [0.15, 0.2) is 120 Å². The van der Waals surface area contributed by atoms with Crippen LogP contribution in [0.2, 0.25) is 0 Å². The maximum Gasteiger partial charge on any atom is 0.349 e. The first-order valence-corrected chi connectivity index (χ1v) is 19.0. The van der Waals surface area contributed by atoms with Crippen LogP contribution < -0.4 is 25.8 Å². The number of anilines is 1. The smallest absolute Gasteiger partial charge is 0.349 e. The molecule has 1 aliphatic carbocycles. The lowest BCUT2D eigenvalue weighted by Gasteiger charge is -2.45. The Morgan fingerprint density at radius 2 is 1.42 bits per heavy atom. The Morgan fingerprint density at radius 1 is 0.842 bits per heavy atom. The number of carbonyl (C=O) groups is 2. The van der Waals surface area contributed by atoms with Gasteiger partial charge in [-0.15, -0.1) is 0 Å². The second-order valence-electron chi connectivity index (χ2n) is 15.5. The number of hydrogen-bond donors (Lipinski definition) is 3. The molecule has 12 heteroatoms. The molecule has 4 atom stereocenters. The maximum atomic E-state index is 14.0. The van der Waals surface area contributed by atoms with Crippen molar-refractivity contribution in [2.75, 3.05) is 26.1 Å². The van der Waals surface area contributed by atoms with Gasteiger partial charge in [0, 0.05) is 24.8 Å². The molecule has 0 spiro atoms. The summed E-state index contributed by atoms with van der Waals surface area (Å²) in [6.45, 7) is 6.16. The van der Waals surface area contributed by atoms with Crippen LogP contribution in [0.3, 0.4) is 0 Å². The fourth-order valence-corrected chi connectivity index (χ4v) is 7.91. The molecule has 2 heterocycles. The molecular weight excluding hydrogens is 725 g/mol. The van der Waals surface area contributed by atoms with Gasteiger partial charge < -0.3 is 34.7 Å². The molecule has 2 amide bonds. The normalized spacial score (nSPS) is 20.4. The summed E-state index contributed by atoms with van der Waals surface area (Å²) in [6.07, 6.45) is -0.516. The van der Waals surface area contributed by atoms with Gasteiger partial charge in [-0.25, -0.2) is 4.79 Å². The van der Waals surface area contributed by atoms with Crippen molar-refractivity contribution in [1.29, 1.82) is 0 Å². The Labute approximate surface area is 331 Å². The first-order chi connectivity index (χ1) is 27.4. The summed E-state index contributed by atoms with van der Waals surface area (Å²) in [5.74, 6) is 0.463. The Hall–Kier alpha value is -5.82. The van der Waals surface area contributed by atoms with Gasteiger partial charge in [-0.05, 0) is 76.6 Å². The second kappa shape index (κ2) is 16.0. The molecule has 7 rings (SSSR count). The quantitative estimate of drug-likeness (QED) is 0.138. The highest BCUT2D eigenvalue weighted by molar-refractivity contribution is 6.03. The number of rotatable bonds is 12. The van der Waals surface area contributed by atoms with Crippen LogP contribution in [0.1, 0.15) is 66.2 Å². The number of aliphatic hydroxyl groups is 1. The van der Waals surface area contributed by atoms with E-state index in [2.05, 4.69) is 36.4 Å². The molecule has 296 valence electrons.